The second-order valence-corrected chi connectivity index (χ2v) is 6.81. The number of amides is 1. The number of carboxylic acid groups (broad SMARTS) is 1. The Balaban J connectivity index is 1.65. The molecule has 4 rings (SSSR count). The number of carbonyl (C=O) groups excluding carboxylic acids is 1. The molecule has 7 nitrogen and oxygen atoms in total. The van der Waals surface area contributed by atoms with Crippen molar-refractivity contribution in [3.63, 3.8) is 0 Å². The van der Waals surface area contributed by atoms with Crippen molar-refractivity contribution in [2.45, 2.75) is 19.8 Å². The fourth-order valence-electron chi connectivity index (χ4n) is 3.50. The van der Waals surface area contributed by atoms with Crippen molar-refractivity contribution in [1.82, 2.24) is 19.7 Å². The number of aromatic nitrogens is 3. The highest BCUT2D eigenvalue weighted by Gasteiger charge is 2.28. The maximum atomic E-state index is 12.9. The van der Waals surface area contributed by atoms with Crippen LogP contribution in [0.25, 0.3) is 16.7 Å². The zero-order valence-electron chi connectivity index (χ0n) is 15.0. The second kappa shape index (κ2) is 6.83. The van der Waals surface area contributed by atoms with Crippen molar-refractivity contribution in [2.75, 3.05) is 13.1 Å². The SMILES string of the molecule is Cc1nn(-c2ccccc2)c2nc(C(=O)N3CCC(C(=O)O)CC3)ccc12. The Bertz CT molecular complexity index is 1000. The molecule has 0 saturated carbocycles. The first-order chi connectivity index (χ1) is 13.0. The molecular formula is C20H20N4O3. The lowest BCUT2D eigenvalue weighted by atomic mass is 9.97. The zero-order valence-corrected chi connectivity index (χ0v) is 15.0. The lowest BCUT2D eigenvalue weighted by Crippen LogP contribution is -2.40. The first-order valence-electron chi connectivity index (χ1n) is 8.98. The molecule has 1 saturated heterocycles. The van der Waals surface area contributed by atoms with Crippen LogP contribution >= 0.6 is 0 Å². The number of hydrogen-bond donors (Lipinski definition) is 1. The van der Waals surface area contributed by atoms with E-state index in [1.54, 1.807) is 15.6 Å². The van der Waals surface area contributed by atoms with E-state index in [0.717, 1.165) is 16.8 Å². The van der Waals surface area contributed by atoms with Gasteiger partial charge in [-0.3, -0.25) is 9.59 Å². The third-order valence-corrected chi connectivity index (χ3v) is 5.07. The number of piperidine rings is 1. The molecule has 1 fully saturated rings. The van der Waals surface area contributed by atoms with Gasteiger partial charge in [-0.1, -0.05) is 18.2 Å². The Hall–Kier alpha value is -3.22. The summed E-state index contributed by atoms with van der Waals surface area (Å²) in [6.07, 6.45) is 0.953. The van der Waals surface area contributed by atoms with Crippen molar-refractivity contribution in [2.24, 2.45) is 5.92 Å². The molecular weight excluding hydrogens is 344 g/mol. The van der Waals surface area contributed by atoms with Crippen molar-refractivity contribution >= 4 is 22.9 Å². The van der Waals surface area contributed by atoms with E-state index in [-0.39, 0.29) is 11.8 Å². The standard InChI is InChI=1S/C20H20N4O3/c1-13-16-7-8-17(19(25)23-11-9-14(10-12-23)20(26)27)21-18(16)24(22-13)15-5-3-2-4-6-15/h2-8,14H,9-12H2,1H3,(H,26,27). The number of aliphatic carboxylic acids is 1. The van der Waals surface area contributed by atoms with Crippen LogP contribution in [0.2, 0.25) is 0 Å². The molecule has 7 heteroatoms. The fraction of sp³-hybridized carbons (Fsp3) is 0.300. The van der Waals surface area contributed by atoms with E-state index in [1.165, 1.54) is 0 Å². The van der Waals surface area contributed by atoms with Crippen molar-refractivity contribution in [3.8, 4) is 5.69 Å². The summed E-state index contributed by atoms with van der Waals surface area (Å²) >= 11 is 0. The maximum absolute atomic E-state index is 12.9. The molecule has 0 spiro atoms. The predicted molar refractivity (Wildman–Crippen MR) is 99.9 cm³/mol. The lowest BCUT2D eigenvalue weighted by molar-refractivity contribution is -0.143. The van der Waals surface area contributed by atoms with Gasteiger partial charge in [-0.25, -0.2) is 9.67 Å². The van der Waals surface area contributed by atoms with Gasteiger partial charge in [0.25, 0.3) is 5.91 Å². The minimum atomic E-state index is -0.788. The zero-order chi connectivity index (χ0) is 19.0. The third kappa shape index (κ3) is 3.16. The average molecular weight is 364 g/mol. The number of carbonyl (C=O) groups is 2. The monoisotopic (exact) mass is 364 g/mol. The number of carboxylic acids is 1. The van der Waals surface area contributed by atoms with Gasteiger partial charge in [0.05, 0.1) is 17.3 Å². The molecule has 1 aromatic carbocycles. The van der Waals surface area contributed by atoms with Crippen molar-refractivity contribution in [3.05, 3.63) is 53.9 Å². The largest absolute Gasteiger partial charge is 0.481 e. The number of benzene rings is 1. The maximum Gasteiger partial charge on any atom is 0.306 e. The van der Waals surface area contributed by atoms with E-state index < -0.39 is 5.97 Å². The molecule has 1 aliphatic rings. The Morgan fingerprint density at radius 3 is 2.44 bits per heavy atom. The van der Waals surface area contributed by atoms with Crippen molar-refractivity contribution < 1.29 is 14.7 Å². The van der Waals surface area contributed by atoms with Gasteiger partial charge in [-0.05, 0) is 44.0 Å². The van der Waals surface area contributed by atoms with Crippen LogP contribution in [0.3, 0.4) is 0 Å². The number of nitrogens with zero attached hydrogens (tertiary/aromatic N) is 4. The molecule has 0 aliphatic carbocycles. The summed E-state index contributed by atoms with van der Waals surface area (Å²) in [7, 11) is 0. The molecule has 1 aliphatic heterocycles. The molecule has 1 amide bonds. The quantitative estimate of drug-likeness (QED) is 0.772. The summed E-state index contributed by atoms with van der Waals surface area (Å²) in [4.78, 5) is 30.2. The van der Waals surface area contributed by atoms with Gasteiger partial charge in [0.1, 0.15) is 5.69 Å². The number of hydrogen-bond acceptors (Lipinski definition) is 4. The Kier molecular flexibility index (Phi) is 4.35. The molecule has 0 atom stereocenters. The third-order valence-electron chi connectivity index (χ3n) is 5.07. The van der Waals surface area contributed by atoms with Gasteiger partial charge in [0, 0.05) is 18.5 Å². The Labute approximate surface area is 156 Å². The van der Waals surface area contributed by atoms with Crippen molar-refractivity contribution in [1.29, 1.82) is 0 Å². The number of para-hydroxylation sites is 1. The molecule has 138 valence electrons. The number of rotatable bonds is 3. The second-order valence-electron chi connectivity index (χ2n) is 6.81. The van der Waals surface area contributed by atoms with Crippen LogP contribution in [0.15, 0.2) is 42.5 Å². The Morgan fingerprint density at radius 2 is 1.78 bits per heavy atom. The van der Waals surface area contributed by atoms with E-state index in [9.17, 15) is 9.59 Å². The minimum absolute atomic E-state index is 0.167. The molecule has 0 bridgehead atoms. The molecule has 0 unspecified atom stereocenters. The van der Waals surface area contributed by atoms with Gasteiger partial charge < -0.3 is 10.0 Å². The van der Waals surface area contributed by atoms with E-state index in [2.05, 4.69) is 10.1 Å². The van der Waals surface area contributed by atoms with Gasteiger partial charge in [-0.15, -0.1) is 0 Å². The summed E-state index contributed by atoms with van der Waals surface area (Å²) in [5, 5.41) is 14.6. The minimum Gasteiger partial charge on any atom is -0.481 e. The summed E-state index contributed by atoms with van der Waals surface area (Å²) in [5.41, 5.74) is 2.73. The number of pyridine rings is 1. The first kappa shape index (κ1) is 17.2. The molecule has 3 aromatic rings. The van der Waals surface area contributed by atoms with Crippen LogP contribution < -0.4 is 0 Å². The predicted octanol–water partition coefficient (Wildman–Crippen LogP) is 2.67. The molecule has 3 heterocycles. The highest BCUT2D eigenvalue weighted by Crippen LogP contribution is 2.23. The number of fused-ring (bicyclic) bond motifs is 1. The van der Waals surface area contributed by atoms with Crippen LogP contribution in [-0.2, 0) is 4.79 Å². The van der Waals surface area contributed by atoms with Gasteiger partial charge in [0.15, 0.2) is 5.65 Å². The molecule has 2 aromatic heterocycles. The Morgan fingerprint density at radius 1 is 1.07 bits per heavy atom. The van der Waals surface area contributed by atoms with Crippen LogP contribution in [0.4, 0.5) is 0 Å². The van der Waals surface area contributed by atoms with E-state index >= 15 is 0 Å². The molecule has 1 N–H and O–H groups in total. The van der Waals surface area contributed by atoms with Crippen LogP contribution in [0.1, 0.15) is 29.0 Å². The van der Waals surface area contributed by atoms with E-state index in [1.807, 2.05) is 43.3 Å². The number of aryl methyl sites for hydroxylation is 1. The summed E-state index contributed by atoms with van der Waals surface area (Å²) in [5.74, 6) is -1.32. The van der Waals surface area contributed by atoms with Crippen LogP contribution in [-0.4, -0.2) is 49.7 Å². The molecule has 27 heavy (non-hydrogen) atoms. The van der Waals surface area contributed by atoms with Crippen LogP contribution in [0, 0.1) is 12.8 Å². The topological polar surface area (TPSA) is 88.3 Å². The highest BCUT2D eigenvalue weighted by molar-refractivity contribution is 5.95. The van der Waals surface area contributed by atoms with E-state index in [4.69, 9.17) is 5.11 Å². The first-order valence-corrected chi connectivity index (χ1v) is 8.98. The van der Waals surface area contributed by atoms with Gasteiger partial charge >= 0.3 is 5.97 Å². The smallest absolute Gasteiger partial charge is 0.306 e. The van der Waals surface area contributed by atoms with Gasteiger partial charge in [0.2, 0.25) is 0 Å². The summed E-state index contributed by atoms with van der Waals surface area (Å²) < 4.78 is 1.75. The summed E-state index contributed by atoms with van der Waals surface area (Å²) in [6.45, 7) is 2.79. The highest BCUT2D eigenvalue weighted by atomic mass is 16.4. The summed E-state index contributed by atoms with van der Waals surface area (Å²) in [6, 6.07) is 13.3. The fourth-order valence-corrected chi connectivity index (χ4v) is 3.50. The number of likely N-dealkylation sites (tertiary alicyclic amines) is 1. The van der Waals surface area contributed by atoms with E-state index in [0.29, 0.717) is 37.3 Å². The average Bonchev–Trinajstić information content (AvgIpc) is 3.04. The normalized spacial score (nSPS) is 15.2. The lowest BCUT2D eigenvalue weighted by Gasteiger charge is -2.29. The van der Waals surface area contributed by atoms with Crippen LogP contribution in [0.5, 0.6) is 0 Å². The molecule has 0 radical (unpaired) electrons. The van der Waals surface area contributed by atoms with Gasteiger partial charge in [-0.2, -0.15) is 5.10 Å².